The van der Waals surface area contributed by atoms with Crippen LogP contribution in [0.2, 0.25) is 0 Å². The molecule has 3 heteroatoms. The molecule has 0 fully saturated rings. The van der Waals surface area contributed by atoms with Gasteiger partial charge in [0.25, 0.3) is 0 Å². The van der Waals surface area contributed by atoms with Gasteiger partial charge in [0.1, 0.15) is 11.5 Å². The Balaban J connectivity index is 2.26. The van der Waals surface area contributed by atoms with Crippen molar-refractivity contribution in [1.29, 1.82) is 0 Å². The lowest BCUT2D eigenvalue weighted by atomic mass is 9.81. The van der Waals surface area contributed by atoms with Gasteiger partial charge in [-0.1, -0.05) is 29.8 Å². The van der Waals surface area contributed by atoms with Gasteiger partial charge < -0.3 is 9.53 Å². The first kappa shape index (κ1) is 13.6. The van der Waals surface area contributed by atoms with Crippen LogP contribution >= 0.6 is 15.9 Å². The van der Waals surface area contributed by atoms with E-state index in [2.05, 4.69) is 41.9 Å². The molecular formula is C15H19BrO2. The molecule has 0 atom stereocenters. The first-order valence-electron chi connectivity index (χ1n) is 6.31. The third kappa shape index (κ3) is 3.14. The van der Waals surface area contributed by atoms with Crippen LogP contribution in [0, 0.1) is 5.41 Å². The number of Topliss-reactive ketones (excluding diaryl/α,β-unsaturated/α-hetero) is 1. The molecule has 18 heavy (non-hydrogen) atoms. The second kappa shape index (κ2) is 5.04. The van der Waals surface area contributed by atoms with Crippen molar-refractivity contribution < 1.29 is 9.53 Å². The van der Waals surface area contributed by atoms with Crippen molar-refractivity contribution in [3.8, 4) is 5.75 Å². The normalized spacial score (nSPS) is 14.2. The number of hydrogen-bond donors (Lipinski definition) is 0. The third-order valence-corrected chi connectivity index (χ3v) is 3.68. The van der Waals surface area contributed by atoms with E-state index in [0.717, 1.165) is 29.7 Å². The molecule has 2 rings (SSSR count). The molecule has 1 aromatic rings. The lowest BCUT2D eigenvalue weighted by Gasteiger charge is -2.24. The Bertz CT molecular complexity index is 478. The molecule has 0 N–H and O–H groups in total. The maximum absolute atomic E-state index is 11.3. The summed E-state index contributed by atoms with van der Waals surface area (Å²) >= 11 is 3.55. The third-order valence-electron chi connectivity index (χ3n) is 3.22. The second-order valence-electron chi connectivity index (χ2n) is 5.87. The van der Waals surface area contributed by atoms with E-state index in [9.17, 15) is 4.79 Å². The van der Waals surface area contributed by atoms with Gasteiger partial charge in [0.15, 0.2) is 0 Å². The Hall–Kier alpha value is -0.830. The zero-order chi connectivity index (χ0) is 13.3. The van der Waals surface area contributed by atoms with Crippen LogP contribution in [0.3, 0.4) is 0 Å². The SMILES string of the molecule is CC(=O)CC(C)(C)Cc1cc(Br)cc2c1OCC2. The molecule has 1 aliphatic rings. The molecule has 0 bridgehead atoms. The predicted octanol–water partition coefficient (Wildman–Crippen LogP) is 3.93. The molecule has 0 unspecified atom stereocenters. The Labute approximate surface area is 117 Å². The van der Waals surface area contributed by atoms with E-state index in [4.69, 9.17) is 4.74 Å². The molecule has 0 aliphatic carbocycles. The zero-order valence-corrected chi connectivity index (χ0v) is 12.8. The summed E-state index contributed by atoms with van der Waals surface area (Å²) in [7, 11) is 0. The average Bonchev–Trinajstić information content (AvgIpc) is 2.61. The number of carbonyl (C=O) groups is 1. The molecule has 0 amide bonds. The van der Waals surface area contributed by atoms with Crippen LogP contribution in [0.5, 0.6) is 5.75 Å². The van der Waals surface area contributed by atoms with E-state index < -0.39 is 0 Å². The molecule has 0 aromatic heterocycles. The van der Waals surface area contributed by atoms with Crippen LogP contribution in [-0.4, -0.2) is 12.4 Å². The van der Waals surface area contributed by atoms with E-state index >= 15 is 0 Å². The lowest BCUT2D eigenvalue weighted by molar-refractivity contribution is -0.118. The molecular weight excluding hydrogens is 292 g/mol. The minimum atomic E-state index is -0.0215. The zero-order valence-electron chi connectivity index (χ0n) is 11.2. The van der Waals surface area contributed by atoms with Crippen molar-refractivity contribution in [2.75, 3.05) is 6.61 Å². The maximum atomic E-state index is 11.3. The molecule has 0 radical (unpaired) electrons. The lowest BCUT2D eigenvalue weighted by Crippen LogP contribution is -2.19. The van der Waals surface area contributed by atoms with Gasteiger partial charge in [-0.2, -0.15) is 0 Å². The van der Waals surface area contributed by atoms with Crippen molar-refractivity contribution >= 4 is 21.7 Å². The topological polar surface area (TPSA) is 26.3 Å². The summed E-state index contributed by atoms with van der Waals surface area (Å²) in [6.07, 6.45) is 2.46. The fraction of sp³-hybridized carbons (Fsp3) is 0.533. The monoisotopic (exact) mass is 310 g/mol. The summed E-state index contributed by atoms with van der Waals surface area (Å²) in [6.45, 7) is 6.70. The van der Waals surface area contributed by atoms with Crippen LogP contribution in [-0.2, 0) is 17.6 Å². The number of halogens is 1. The Morgan fingerprint density at radius 3 is 2.83 bits per heavy atom. The fourth-order valence-corrected chi connectivity index (χ4v) is 3.28. The number of rotatable bonds is 4. The van der Waals surface area contributed by atoms with Gasteiger partial charge in [-0.15, -0.1) is 0 Å². The van der Waals surface area contributed by atoms with Crippen LogP contribution in [0.1, 0.15) is 38.3 Å². The molecule has 98 valence electrons. The van der Waals surface area contributed by atoms with Crippen LogP contribution in [0.4, 0.5) is 0 Å². The summed E-state index contributed by atoms with van der Waals surface area (Å²) < 4.78 is 6.83. The molecule has 0 spiro atoms. The highest BCUT2D eigenvalue weighted by atomic mass is 79.9. The van der Waals surface area contributed by atoms with E-state index in [-0.39, 0.29) is 11.2 Å². The van der Waals surface area contributed by atoms with Gasteiger partial charge in [-0.3, -0.25) is 0 Å². The maximum Gasteiger partial charge on any atom is 0.130 e. The highest BCUT2D eigenvalue weighted by Crippen LogP contribution is 2.37. The van der Waals surface area contributed by atoms with Crippen LogP contribution in [0.15, 0.2) is 16.6 Å². The van der Waals surface area contributed by atoms with E-state index in [0.29, 0.717) is 6.42 Å². The van der Waals surface area contributed by atoms with Crippen molar-refractivity contribution in [2.45, 2.75) is 40.0 Å². The van der Waals surface area contributed by atoms with Gasteiger partial charge >= 0.3 is 0 Å². The number of ether oxygens (including phenoxy) is 1. The standard InChI is InChI=1S/C15H19BrO2/c1-10(17)8-15(2,3)9-12-7-13(16)6-11-4-5-18-14(11)12/h6-7H,4-5,8-9H2,1-3H3. The Kier molecular flexibility index (Phi) is 3.81. The van der Waals surface area contributed by atoms with E-state index in [1.54, 1.807) is 6.92 Å². The van der Waals surface area contributed by atoms with Crippen molar-refractivity contribution in [3.05, 3.63) is 27.7 Å². The summed E-state index contributed by atoms with van der Waals surface area (Å²) in [6, 6.07) is 4.25. The van der Waals surface area contributed by atoms with Gasteiger partial charge in [-0.05, 0) is 42.0 Å². The number of fused-ring (bicyclic) bond motifs is 1. The summed E-state index contributed by atoms with van der Waals surface area (Å²) in [5.41, 5.74) is 2.47. The minimum Gasteiger partial charge on any atom is -0.493 e. The Morgan fingerprint density at radius 2 is 2.17 bits per heavy atom. The Morgan fingerprint density at radius 1 is 1.44 bits per heavy atom. The van der Waals surface area contributed by atoms with E-state index in [1.165, 1.54) is 11.1 Å². The largest absolute Gasteiger partial charge is 0.493 e. The van der Waals surface area contributed by atoms with Gasteiger partial charge in [0.05, 0.1) is 6.61 Å². The van der Waals surface area contributed by atoms with Crippen molar-refractivity contribution in [3.63, 3.8) is 0 Å². The van der Waals surface area contributed by atoms with Gasteiger partial charge in [0, 0.05) is 17.3 Å². The molecule has 1 heterocycles. The molecule has 0 saturated carbocycles. The van der Waals surface area contributed by atoms with Crippen LogP contribution in [0.25, 0.3) is 0 Å². The van der Waals surface area contributed by atoms with Crippen molar-refractivity contribution in [2.24, 2.45) is 5.41 Å². The average molecular weight is 311 g/mol. The predicted molar refractivity (Wildman–Crippen MR) is 76.1 cm³/mol. The van der Waals surface area contributed by atoms with Gasteiger partial charge in [-0.25, -0.2) is 0 Å². The highest BCUT2D eigenvalue weighted by Gasteiger charge is 2.25. The number of ketones is 1. The van der Waals surface area contributed by atoms with Crippen molar-refractivity contribution in [1.82, 2.24) is 0 Å². The minimum absolute atomic E-state index is 0.0215. The molecule has 2 nitrogen and oxygen atoms in total. The highest BCUT2D eigenvalue weighted by molar-refractivity contribution is 9.10. The first-order valence-corrected chi connectivity index (χ1v) is 7.10. The van der Waals surface area contributed by atoms with Crippen LogP contribution < -0.4 is 4.74 Å². The second-order valence-corrected chi connectivity index (χ2v) is 6.79. The van der Waals surface area contributed by atoms with E-state index in [1.807, 2.05) is 0 Å². The number of benzene rings is 1. The quantitative estimate of drug-likeness (QED) is 0.842. The molecule has 0 saturated heterocycles. The van der Waals surface area contributed by atoms with Gasteiger partial charge in [0.2, 0.25) is 0 Å². The summed E-state index contributed by atoms with van der Waals surface area (Å²) in [4.78, 5) is 11.3. The summed E-state index contributed by atoms with van der Waals surface area (Å²) in [5.74, 6) is 1.28. The smallest absolute Gasteiger partial charge is 0.130 e. The first-order chi connectivity index (χ1) is 8.37. The fourth-order valence-electron chi connectivity index (χ4n) is 2.73. The molecule has 1 aliphatic heterocycles. The number of carbonyl (C=O) groups excluding carboxylic acids is 1. The number of hydrogen-bond acceptors (Lipinski definition) is 2. The summed E-state index contributed by atoms with van der Waals surface area (Å²) in [5, 5.41) is 0. The molecule has 1 aromatic carbocycles.